The van der Waals surface area contributed by atoms with E-state index >= 15 is 0 Å². The Balaban J connectivity index is 2.20. The third-order valence-electron chi connectivity index (χ3n) is 2.96. The van der Waals surface area contributed by atoms with E-state index in [4.69, 9.17) is 0 Å². The van der Waals surface area contributed by atoms with Gasteiger partial charge >= 0.3 is 0 Å². The van der Waals surface area contributed by atoms with Gasteiger partial charge in [-0.1, -0.05) is 48.0 Å². The van der Waals surface area contributed by atoms with Crippen LogP contribution in [0.5, 0.6) is 0 Å². The monoisotopic (exact) mass is 253 g/mol. The van der Waals surface area contributed by atoms with Gasteiger partial charge in [-0.25, -0.2) is 0 Å². The number of amides is 1. The van der Waals surface area contributed by atoms with Gasteiger partial charge in [0.15, 0.2) is 0 Å². The van der Waals surface area contributed by atoms with Gasteiger partial charge in [-0.2, -0.15) is 0 Å². The van der Waals surface area contributed by atoms with E-state index in [1.165, 1.54) is 4.90 Å². The van der Waals surface area contributed by atoms with Gasteiger partial charge in [-0.3, -0.25) is 9.59 Å². The second-order valence-corrected chi connectivity index (χ2v) is 4.39. The highest BCUT2D eigenvalue weighted by Gasteiger charge is 2.21. The maximum absolute atomic E-state index is 12.1. The van der Waals surface area contributed by atoms with Gasteiger partial charge in [-0.15, -0.1) is 0 Å². The van der Waals surface area contributed by atoms with E-state index in [0.717, 1.165) is 5.56 Å². The standard InChI is InChI=1S/C16H15NO2/c1-12-8-10-14(11-9-12)17(2)16(19)15(18)13-6-4-3-5-7-13/h3-11H,1-2H3. The number of ketones is 1. The molecule has 2 aromatic carbocycles. The molecule has 3 nitrogen and oxygen atoms in total. The minimum absolute atomic E-state index is 0.409. The lowest BCUT2D eigenvalue weighted by Crippen LogP contribution is -2.33. The Morgan fingerprint density at radius 2 is 1.47 bits per heavy atom. The van der Waals surface area contributed by atoms with Crippen molar-refractivity contribution in [3.63, 3.8) is 0 Å². The molecule has 0 atom stereocenters. The highest BCUT2D eigenvalue weighted by atomic mass is 16.2. The van der Waals surface area contributed by atoms with Gasteiger partial charge in [-0.05, 0) is 19.1 Å². The predicted molar refractivity (Wildman–Crippen MR) is 75.4 cm³/mol. The number of hydrogen-bond acceptors (Lipinski definition) is 2. The van der Waals surface area contributed by atoms with Crippen molar-refractivity contribution < 1.29 is 9.59 Å². The van der Waals surface area contributed by atoms with Gasteiger partial charge in [0, 0.05) is 18.3 Å². The van der Waals surface area contributed by atoms with E-state index < -0.39 is 11.7 Å². The lowest BCUT2D eigenvalue weighted by Gasteiger charge is -2.16. The molecule has 2 aromatic rings. The fourth-order valence-electron chi connectivity index (χ4n) is 1.75. The lowest BCUT2D eigenvalue weighted by molar-refractivity contribution is -0.114. The number of aryl methyl sites for hydroxylation is 1. The van der Waals surface area contributed by atoms with E-state index in [0.29, 0.717) is 11.3 Å². The Bertz CT molecular complexity index is 588. The summed E-state index contributed by atoms with van der Waals surface area (Å²) in [6, 6.07) is 16.0. The zero-order valence-corrected chi connectivity index (χ0v) is 11.0. The molecule has 96 valence electrons. The van der Waals surface area contributed by atoms with Gasteiger partial charge in [0.25, 0.3) is 11.7 Å². The van der Waals surface area contributed by atoms with E-state index in [2.05, 4.69) is 0 Å². The topological polar surface area (TPSA) is 37.4 Å². The van der Waals surface area contributed by atoms with Crippen LogP contribution in [0, 0.1) is 6.92 Å². The van der Waals surface area contributed by atoms with Crippen LogP contribution in [0.15, 0.2) is 54.6 Å². The fourth-order valence-corrected chi connectivity index (χ4v) is 1.75. The predicted octanol–water partition coefficient (Wildman–Crippen LogP) is 2.84. The first kappa shape index (κ1) is 13.0. The third kappa shape index (κ3) is 2.88. The van der Waals surface area contributed by atoms with Crippen LogP contribution in [0.3, 0.4) is 0 Å². The number of Topliss-reactive ketones (excluding diaryl/α,β-unsaturated/α-hetero) is 1. The molecular formula is C16H15NO2. The van der Waals surface area contributed by atoms with Crippen LogP contribution < -0.4 is 4.90 Å². The molecule has 0 heterocycles. The molecular weight excluding hydrogens is 238 g/mol. The highest BCUT2D eigenvalue weighted by Crippen LogP contribution is 2.15. The van der Waals surface area contributed by atoms with E-state index in [1.807, 2.05) is 37.3 Å². The first-order valence-electron chi connectivity index (χ1n) is 6.03. The van der Waals surface area contributed by atoms with E-state index in [9.17, 15) is 9.59 Å². The first-order chi connectivity index (χ1) is 9.09. The van der Waals surface area contributed by atoms with Crippen LogP contribution in [0.4, 0.5) is 5.69 Å². The number of likely N-dealkylation sites (N-methyl/N-ethyl adjacent to an activating group) is 1. The smallest absolute Gasteiger partial charge is 0.299 e. The van der Waals surface area contributed by atoms with Crippen molar-refractivity contribution in [2.24, 2.45) is 0 Å². The molecule has 0 radical (unpaired) electrons. The number of rotatable bonds is 3. The molecule has 0 aliphatic carbocycles. The summed E-state index contributed by atoms with van der Waals surface area (Å²) in [6.45, 7) is 1.97. The second kappa shape index (κ2) is 5.48. The SMILES string of the molecule is Cc1ccc(N(C)C(=O)C(=O)c2ccccc2)cc1. The summed E-state index contributed by atoms with van der Waals surface area (Å²) in [5.41, 5.74) is 2.23. The summed E-state index contributed by atoms with van der Waals surface area (Å²) in [5, 5.41) is 0. The van der Waals surface area contributed by atoms with Crippen molar-refractivity contribution >= 4 is 17.4 Å². The average Bonchev–Trinajstić information content (AvgIpc) is 2.46. The molecule has 0 fully saturated rings. The molecule has 0 aliphatic heterocycles. The molecule has 0 aliphatic rings. The maximum atomic E-state index is 12.1. The van der Waals surface area contributed by atoms with Crippen LogP contribution >= 0.6 is 0 Å². The molecule has 0 saturated carbocycles. The normalized spacial score (nSPS) is 10.0. The van der Waals surface area contributed by atoms with Crippen molar-refractivity contribution in [1.29, 1.82) is 0 Å². The number of carbonyl (C=O) groups is 2. The summed E-state index contributed by atoms with van der Waals surface area (Å²) in [4.78, 5) is 25.5. The molecule has 0 unspecified atom stereocenters. The quantitative estimate of drug-likeness (QED) is 0.623. The molecule has 0 N–H and O–H groups in total. The molecule has 19 heavy (non-hydrogen) atoms. The van der Waals surface area contributed by atoms with Crippen LogP contribution in [-0.2, 0) is 4.79 Å². The van der Waals surface area contributed by atoms with Crippen molar-refractivity contribution in [3.05, 3.63) is 65.7 Å². The van der Waals surface area contributed by atoms with Crippen LogP contribution in [0.1, 0.15) is 15.9 Å². The molecule has 0 saturated heterocycles. The van der Waals surface area contributed by atoms with Crippen LogP contribution in [0.25, 0.3) is 0 Å². The minimum Gasteiger partial charge on any atom is -0.309 e. The Labute approximate surface area is 112 Å². The number of hydrogen-bond donors (Lipinski definition) is 0. The average molecular weight is 253 g/mol. The Hall–Kier alpha value is -2.42. The zero-order chi connectivity index (χ0) is 13.8. The van der Waals surface area contributed by atoms with Crippen LogP contribution in [0.2, 0.25) is 0 Å². The number of benzene rings is 2. The fraction of sp³-hybridized carbons (Fsp3) is 0.125. The van der Waals surface area contributed by atoms with Crippen molar-refractivity contribution in [3.8, 4) is 0 Å². The minimum atomic E-state index is -0.532. The van der Waals surface area contributed by atoms with E-state index in [1.54, 1.807) is 31.3 Å². The Morgan fingerprint density at radius 3 is 2.05 bits per heavy atom. The Morgan fingerprint density at radius 1 is 0.895 bits per heavy atom. The zero-order valence-electron chi connectivity index (χ0n) is 11.0. The second-order valence-electron chi connectivity index (χ2n) is 4.39. The Kier molecular flexibility index (Phi) is 3.76. The van der Waals surface area contributed by atoms with Crippen LogP contribution in [-0.4, -0.2) is 18.7 Å². The molecule has 1 amide bonds. The van der Waals surface area contributed by atoms with Gasteiger partial charge < -0.3 is 4.90 Å². The van der Waals surface area contributed by atoms with Gasteiger partial charge in [0.2, 0.25) is 0 Å². The van der Waals surface area contributed by atoms with Crippen molar-refractivity contribution in [2.75, 3.05) is 11.9 Å². The number of anilines is 1. The molecule has 3 heteroatoms. The lowest BCUT2D eigenvalue weighted by atomic mass is 10.1. The summed E-state index contributed by atoms with van der Waals surface area (Å²) < 4.78 is 0. The first-order valence-corrected chi connectivity index (χ1v) is 6.03. The molecule has 0 aromatic heterocycles. The van der Waals surface area contributed by atoms with Gasteiger partial charge in [0.05, 0.1) is 0 Å². The number of carbonyl (C=O) groups excluding carboxylic acids is 2. The molecule has 0 bridgehead atoms. The summed E-state index contributed by atoms with van der Waals surface area (Å²) in [6.07, 6.45) is 0. The van der Waals surface area contributed by atoms with E-state index in [-0.39, 0.29) is 0 Å². The summed E-state index contributed by atoms with van der Waals surface area (Å²) >= 11 is 0. The summed E-state index contributed by atoms with van der Waals surface area (Å²) in [5.74, 6) is -1.03. The van der Waals surface area contributed by atoms with Crippen molar-refractivity contribution in [1.82, 2.24) is 0 Å². The molecule has 2 rings (SSSR count). The van der Waals surface area contributed by atoms with Crippen molar-refractivity contribution in [2.45, 2.75) is 6.92 Å². The maximum Gasteiger partial charge on any atom is 0.299 e. The van der Waals surface area contributed by atoms with Gasteiger partial charge in [0.1, 0.15) is 0 Å². The largest absolute Gasteiger partial charge is 0.309 e. The third-order valence-corrected chi connectivity index (χ3v) is 2.96. The highest BCUT2D eigenvalue weighted by molar-refractivity contribution is 6.47. The summed E-state index contributed by atoms with van der Waals surface area (Å²) in [7, 11) is 1.60. The number of nitrogens with zero attached hydrogens (tertiary/aromatic N) is 1. The molecule has 0 spiro atoms.